The van der Waals surface area contributed by atoms with Crippen LogP contribution >= 0.6 is 11.6 Å². The fourth-order valence-corrected chi connectivity index (χ4v) is 1.34. The van der Waals surface area contributed by atoms with Crippen molar-refractivity contribution >= 4 is 17.3 Å². The van der Waals surface area contributed by atoms with E-state index >= 15 is 0 Å². The van der Waals surface area contributed by atoms with Gasteiger partial charge < -0.3 is 10.1 Å². The molecule has 0 atom stereocenters. The minimum Gasteiger partial charge on any atom is -0.383 e. The first kappa shape index (κ1) is 12.3. The average Bonchev–Trinajstić information content (AvgIpc) is 2.11. The molecule has 0 aliphatic carbocycles. The summed E-state index contributed by atoms with van der Waals surface area (Å²) in [6, 6.07) is 7.68. The van der Waals surface area contributed by atoms with Crippen molar-refractivity contribution in [1.82, 2.24) is 0 Å². The molecule has 1 N–H and O–H groups in total. The van der Waals surface area contributed by atoms with E-state index < -0.39 is 0 Å². The third-order valence-electron chi connectivity index (χ3n) is 1.79. The Morgan fingerprint density at radius 3 is 2.67 bits per heavy atom. The van der Waals surface area contributed by atoms with Crippen LogP contribution in [0.1, 0.15) is 20.8 Å². The fourth-order valence-electron chi connectivity index (χ4n) is 1.15. The van der Waals surface area contributed by atoms with Crippen molar-refractivity contribution in [2.75, 3.05) is 18.5 Å². The molecule has 15 heavy (non-hydrogen) atoms. The lowest BCUT2D eigenvalue weighted by Gasteiger charge is -2.19. The highest BCUT2D eigenvalue weighted by Gasteiger charge is 2.08. The van der Waals surface area contributed by atoms with Crippen LogP contribution in [-0.4, -0.2) is 18.8 Å². The summed E-state index contributed by atoms with van der Waals surface area (Å²) in [5.74, 6) is 0. The van der Waals surface area contributed by atoms with Gasteiger partial charge in [-0.3, -0.25) is 0 Å². The zero-order valence-corrected chi connectivity index (χ0v) is 10.3. The number of ether oxygens (including phenoxy) is 1. The molecule has 0 saturated heterocycles. The fraction of sp³-hybridized carbons (Fsp3) is 0.500. The lowest BCUT2D eigenvalue weighted by atomic mass is 10.2. The van der Waals surface area contributed by atoms with Gasteiger partial charge in [-0.25, -0.2) is 0 Å². The normalized spacial score (nSPS) is 11.5. The standard InChI is InChI=1S/C12H18ClNO/c1-12(2,3)15-8-7-14-11-6-4-5-10(13)9-11/h4-6,9,14H,7-8H2,1-3H3. The van der Waals surface area contributed by atoms with E-state index in [9.17, 15) is 0 Å². The summed E-state index contributed by atoms with van der Waals surface area (Å²) in [6.45, 7) is 7.62. The Balaban J connectivity index is 2.26. The molecule has 0 heterocycles. The largest absolute Gasteiger partial charge is 0.383 e. The number of halogens is 1. The molecule has 0 fully saturated rings. The van der Waals surface area contributed by atoms with Crippen molar-refractivity contribution in [3.05, 3.63) is 29.3 Å². The van der Waals surface area contributed by atoms with E-state index in [2.05, 4.69) is 5.32 Å². The van der Waals surface area contributed by atoms with Crippen LogP contribution in [0.3, 0.4) is 0 Å². The zero-order valence-electron chi connectivity index (χ0n) is 9.51. The molecule has 2 nitrogen and oxygen atoms in total. The van der Waals surface area contributed by atoms with E-state index in [0.717, 1.165) is 17.3 Å². The zero-order chi connectivity index (χ0) is 11.3. The van der Waals surface area contributed by atoms with Crippen LogP contribution in [0, 0.1) is 0 Å². The van der Waals surface area contributed by atoms with Crippen LogP contribution in [0.25, 0.3) is 0 Å². The first-order valence-corrected chi connectivity index (χ1v) is 5.48. The van der Waals surface area contributed by atoms with E-state index in [4.69, 9.17) is 16.3 Å². The third kappa shape index (κ3) is 5.65. The third-order valence-corrected chi connectivity index (χ3v) is 2.03. The van der Waals surface area contributed by atoms with Crippen molar-refractivity contribution in [3.63, 3.8) is 0 Å². The van der Waals surface area contributed by atoms with Gasteiger partial charge in [-0.2, -0.15) is 0 Å². The first-order valence-electron chi connectivity index (χ1n) is 5.11. The average molecular weight is 228 g/mol. The Morgan fingerprint density at radius 1 is 1.33 bits per heavy atom. The van der Waals surface area contributed by atoms with Crippen LogP contribution < -0.4 is 5.32 Å². The van der Waals surface area contributed by atoms with E-state index in [-0.39, 0.29) is 5.60 Å². The lowest BCUT2D eigenvalue weighted by Crippen LogP contribution is -2.23. The van der Waals surface area contributed by atoms with Gasteiger partial charge in [-0.15, -0.1) is 0 Å². The summed E-state index contributed by atoms with van der Waals surface area (Å²) < 4.78 is 5.59. The maximum atomic E-state index is 5.86. The number of rotatable bonds is 4. The highest BCUT2D eigenvalue weighted by Crippen LogP contribution is 2.14. The monoisotopic (exact) mass is 227 g/mol. The summed E-state index contributed by atoms with van der Waals surface area (Å²) in [5, 5.41) is 4.00. The second-order valence-corrected chi connectivity index (χ2v) is 4.83. The van der Waals surface area contributed by atoms with Crippen molar-refractivity contribution in [1.29, 1.82) is 0 Å². The van der Waals surface area contributed by atoms with Crippen LogP contribution in [0.15, 0.2) is 24.3 Å². The van der Waals surface area contributed by atoms with Gasteiger partial charge in [0.05, 0.1) is 12.2 Å². The van der Waals surface area contributed by atoms with Crippen LogP contribution in [0.4, 0.5) is 5.69 Å². The molecule has 0 radical (unpaired) electrons. The Kier molecular flexibility index (Phi) is 4.43. The van der Waals surface area contributed by atoms with E-state index in [1.54, 1.807) is 0 Å². The summed E-state index contributed by atoms with van der Waals surface area (Å²) in [4.78, 5) is 0. The molecular weight excluding hydrogens is 210 g/mol. The predicted molar refractivity (Wildman–Crippen MR) is 65.6 cm³/mol. The maximum absolute atomic E-state index is 5.86. The molecule has 0 spiro atoms. The molecular formula is C12H18ClNO. The predicted octanol–water partition coefficient (Wildman–Crippen LogP) is 3.57. The van der Waals surface area contributed by atoms with E-state index in [1.165, 1.54) is 0 Å². The number of hydrogen-bond donors (Lipinski definition) is 1. The molecule has 0 saturated carbocycles. The summed E-state index contributed by atoms with van der Waals surface area (Å²) >= 11 is 5.86. The van der Waals surface area contributed by atoms with E-state index in [0.29, 0.717) is 6.61 Å². The molecule has 0 aliphatic heterocycles. The second kappa shape index (κ2) is 5.38. The Bertz CT molecular complexity index is 307. The van der Waals surface area contributed by atoms with Gasteiger partial charge in [0, 0.05) is 17.3 Å². The molecule has 0 aromatic heterocycles. The smallest absolute Gasteiger partial charge is 0.0646 e. The Morgan fingerprint density at radius 2 is 2.07 bits per heavy atom. The summed E-state index contributed by atoms with van der Waals surface area (Å²) in [7, 11) is 0. The van der Waals surface area contributed by atoms with Crippen molar-refractivity contribution < 1.29 is 4.74 Å². The first-order chi connectivity index (χ1) is 6.97. The number of hydrogen-bond acceptors (Lipinski definition) is 2. The van der Waals surface area contributed by atoms with Crippen LogP contribution in [0.2, 0.25) is 5.02 Å². The minimum atomic E-state index is -0.0734. The highest BCUT2D eigenvalue weighted by molar-refractivity contribution is 6.30. The summed E-state index contributed by atoms with van der Waals surface area (Å²) in [5.41, 5.74) is 0.954. The quantitative estimate of drug-likeness (QED) is 0.795. The number of benzene rings is 1. The van der Waals surface area contributed by atoms with Gasteiger partial charge in [-0.1, -0.05) is 17.7 Å². The van der Waals surface area contributed by atoms with Crippen molar-refractivity contribution in [3.8, 4) is 0 Å². The second-order valence-electron chi connectivity index (χ2n) is 4.40. The highest BCUT2D eigenvalue weighted by atomic mass is 35.5. The maximum Gasteiger partial charge on any atom is 0.0646 e. The van der Waals surface area contributed by atoms with Gasteiger partial charge in [0.1, 0.15) is 0 Å². The van der Waals surface area contributed by atoms with E-state index in [1.807, 2.05) is 45.0 Å². The molecule has 0 amide bonds. The lowest BCUT2D eigenvalue weighted by molar-refractivity contribution is 0.00333. The molecule has 1 aromatic rings. The molecule has 3 heteroatoms. The van der Waals surface area contributed by atoms with Gasteiger partial charge in [-0.05, 0) is 39.0 Å². The van der Waals surface area contributed by atoms with Gasteiger partial charge in [0.25, 0.3) is 0 Å². The van der Waals surface area contributed by atoms with Gasteiger partial charge in [0.2, 0.25) is 0 Å². The van der Waals surface area contributed by atoms with Crippen molar-refractivity contribution in [2.24, 2.45) is 0 Å². The summed E-state index contributed by atoms with van der Waals surface area (Å²) in [6.07, 6.45) is 0. The molecule has 1 rings (SSSR count). The Hall–Kier alpha value is -0.730. The minimum absolute atomic E-state index is 0.0734. The Labute approximate surface area is 96.6 Å². The SMILES string of the molecule is CC(C)(C)OCCNc1cccc(Cl)c1. The van der Waals surface area contributed by atoms with Gasteiger partial charge in [0.15, 0.2) is 0 Å². The molecule has 84 valence electrons. The van der Waals surface area contributed by atoms with Crippen LogP contribution in [-0.2, 0) is 4.74 Å². The molecule has 0 unspecified atom stereocenters. The van der Waals surface area contributed by atoms with Crippen LogP contribution in [0.5, 0.6) is 0 Å². The number of anilines is 1. The topological polar surface area (TPSA) is 21.3 Å². The molecule has 0 aliphatic rings. The number of nitrogens with one attached hydrogen (secondary N) is 1. The van der Waals surface area contributed by atoms with Gasteiger partial charge >= 0.3 is 0 Å². The molecule has 1 aromatic carbocycles. The van der Waals surface area contributed by atoms with Crippen molar-refractivity contribution in [2.45, 2.75) is 26.4 Å². The molecule has 0 bridgehead atoms.